The smallest absolute Gasteiger partial charge is 0.416 e. The molecule has 2 fully saturated rings. The van der Waals surface area contributed by atoms with Crippen LogP contribution in [0.1, 0.15) is 21.5 Å². The number of piperazine rings is 1. The summed E-state index contributed by atoms with van der Waals surface area (Å²) in [6, 6.07) is 17.4. The first-order chi connectivity index (χ1) is 20.2. The van der Waals surface area contributed by atoms with Crippen LogP contribution in [-0.2, 0) is 22.1 Å². The highest BCUT2D eigenvalue weighted by Gasteiger charge is 2.35. The minimum Gasteiger partial charge on any atom is -0.497 e. The number of rotatable bonds is 9. The number of hydrogen-bond acceptors (Lipinski definition) is 6. The minimum absolute atomic E-state index is 0.00942. The van der Waals surface area contributed by atoms with E-state index in [0.29, 0.717) is 39.3 Å². The largest absolute Gasteiger partial charge is 0.497 e. The molecule has 0 spiro atoms. The van der Waals surface area contributed by atoms with Crippen molar-refractivity contribution in [3.63, 3.8) is 0 Å². The molecule has 0 unspecified atom stereocenters. The van der Waals surface area contributed by atoms with Crippen molar-refractivity contribution in [2.75, 3.05) is 73.2 Å². The number of halogens is 3. The Bertz CT molecular complexity index is 1370. The Kier molecular flexibility index (Phi) is 9.67. The van der Waals surface area contributed by atoms with Gasteiger partial charge in [0, 0.05) is 64.5 Å². The third kappa shape index (κ3) is 7.42. The Morgan fingerprint density at radius 1 is 0.929 bits per heavy atom. The van der Waals surface area contributed by atoms with Crippen molar-refractivity contribution >= 4 is 16.7 Å². The van der Waals surface area contributed by atoms with Gasteiger partial charge >= 0.3 is 6.18 Å². The fourth-order valence-electron chi connectivity index (χ4n) is 5.93. The summed E-state index contributed by atoms with van der Waals surface area (Å²) in [5.41, 5.74) is 0.166. The number of carbonyl (C=O) groups excluding carboxylic acids is 1. The van der Waals surface area contributed by atoms with E-state index in [1.165, 1.54) is 13.2 Å². The highest BCUT2D eigenvalue weighted by atomic mass is 19.4. The van der Waals surface area contributed by atoms with Gasteiger partial charge in [-0.3, -0.25) is 14.6 Å². The molecule has 0 saturated carbocycles. The van der Waals surface area contributed by atoms with Gasteiger partial charge in [0.15, 0.2) is 0 Å². The van der Waals surface area contributed by atoms with Gasteiger partial charge in [0.2, 0.25) is 0 Å². The molecule has 2 atom stereocenters. The van der Waals surface area contributed by atoms with Crippen LogP contribution in [0.2, 0.25) is 0 Å². The maximum absolute atomic E-state index is 13.8. The molecule has 3 aromatic rings. The van der Waals surface area contributed by atoms with Crippen molar-refractivity contribution in [2.45, 2.75) is 24.7 Å². The first kappa shape index (κ1) is 30.3. The van der Waals surface area contributed by atoms with Gasteiger partial charge in [0.1, 0.15) is 5.75 Å². The maximum Gasteiger partial charge on any atom is 0.416 e. The number of carbonyl (C=O) groups is 1. The number of benzene rings is 3. The molecule has 0 N–H and O–H groups in total. The third-order valence-corrected chi connectivity index (χ3v) is 8.14. The molecule has 2 heterocycles. The van der Waals surface area contributed by atoms with Crippen LogP contribution in [0.5, 0.6) is 5.75 Å². The summed E-state index contributed by atoms with van der Waals surface area (Å²) >= 11 is 0. The molecule has 10 heteroatoms. The van der Waals surface area contributed by atoms with Crippen molar-refractivity contribution in [3.8, 4) is 5.75 Å². The normalized spacial score (nSPS) is 20.6. The average Bonchev–Trinajstić information content (AvgIpc) is 2.99. The van der Waals surface area contributed by atoms with Gasteiger partial charge in [0.05, 0.1) is 32.0 Å². The molecular formula is C32H38F3N3O4. The molecule has 0 aliphatic carbocycles. The van der Waals surface area contributed by atoms with E-state index in [0.717, 1.165) is 54.6 Å². The van der Waals surface area contributed by atoms with Crippen molar-refractivity contribution in [3.05, 3.63) is 77.4 Å². The van der Waals surface area contributed by atoms with E-state index < -0.39 is 17.6 Å². The van der Waals surface area contributed by atoms with E-state index in [1.807, 2.05) is 12.1 Å². The fourth-order valence-corrected chi connectivity index (χ4v) is 5.93. The van der Waals surface area contributed by atoms with Crippen LogP contribution in [0.15, 0.2) is 60.7 Å². The lowest BCUT2D eigenvalue weighted by Crippen LogP contribution is -2.57. The van der Waals surface area contributed by atoms with Gasteiger partial charge in [-0.25, -0.2) is 0 Å². The lowest BCUT2D eigenvalue weighted by Gasteiger charge is -2.43. The van der Waals surface area contributed by atoms with Gasteiger partial charge in [-0.2, -0.15) is 13.2 Å². The zero-order valence-corrected chi connectivity index (χ0v) is 24.1. The molecule has 2 saturated heterocycles. The summed E-state index contributed by atoms with van der Waals surface area (Å²) in [6.07, 6.45) is -3.94. The lowest BCUT2D eigenvalue weighted by molar-refractivity contribution is -0.137. The molecule has 2 aliphatic heterocycles. The van der Waals surface area contributed by atoms with Crippen LogP contribution in [-0.4, -0.2) is 106 Å². The average molecular weight is 586 g/mol. The summed E-state index contributed by atoms with van der Waals surface area (Å²) in [5.74, 6) is -0.407. The highest BCUT2D eigenvalue weighted by Crippen LogP contribution is 2.33. The second-order valence-electron chi connectivity index (χ2n) is 11.0. The number of methoxy groups -OCH3 is 2. The molecular weight excluding hydrogens is 547 g/mol. The van der Waals surface area contributed by atoms with Crippen molar-refractivity contribution in [1.82, 2.24) is 14.7 Å². The van der Waals surface area contributed by atoms with E-state index in [9.17, 15) is 18.0 Å². The Labute approximate surface area is 244 Å². The van der Waals surface area contributed by atoms with Crippen LogP contribution in [0.4, 0.5) is 13.2 Å². The standard InChI is InChI=1S/C32H38F3N3O4/c1-40-22-30-21-37(13-14-42-30)10-9-36-11-12-38(31(39)26-17-27(32(33,34)35)19-29(18-26)41-2)28(20-36)16-23-7-8-24-5-3-4-6-25(24)15-23/h3-8,15,17-19,28,30H,9-14,16,20-22H2,1-2H3/t28-,30+/m1/s1. The van der Waals surface area contributed by atoms with Crippen LogP contribution in [0.25, 0.3) is 10.8 Å². The maximum atomic E-state index is 13.8. The molecule has 1 amide bonds. The molecule has 42 heavy (non-hydrogen) atoms. The first-order valence-corrected chi connectivity index (χ1v) is 14.3. The monoisotopic (exact) mass is 585 g/mol. The van der Waals surface area contributed by atoms with E-state index in [1.54, 1.807) is 12.0 Å². The number of nitrogens with zero attached hydrogens (tertiary/aromatic N) is 3. The van der Waals surface area contributed by atoms with Crippen LogP contribution in [0, 0.1) is 0 Å². The number of fused-ring (bicyclic) bond motifs is 1. The lowest BCUT2D eigenvalue weighted by atomic mass is 9.98. The summed E-state index contributed by atoms with van der Waals surface area (Å²) in [6.45, 7) is 6.28. The number of hydrogen-bond donors (Lipinski definition) is 0. The fraction of sp³-hybridized carbons (Fsp3) is 0.469. The Balaban J connectivity index is 1.35. The molecule has 5 rings (SSSR count). The second-order valence-corrected chi connectivity index (χ2v) is 11.0. The molecule has 3 aromatic carbocycles. The summed E-state index contributed by atoms with van der Waals surface area (Å²) < 4.78 is 57.1. The highest BCUT2D eigenvalue weighted by molar-refractivity contribution is 5.95. The molecule has 7 nitrogen and oxygen atoms in total. The summed E-state index contributed by atoms with van der Waals surface area (Å²) in [4.78, 5) is 20.3. The number of amides is 1. The van der Waals surface area contributed by atoms with Crippen LogP contribution in [0.3, 0.4) is 0 Å². The third-order valence-electron chi connectivity index (χ3n) is 8.14. The van der Waals surface area contributed by atoms with Gasteiger partial charge in [-0.1, -0.05) is 42.5 Å². The number of morpholine rings is 1. The molecule has 0 aromatic heterocycles. The van der Waals surface area contributed by atoms with E-state index in [-0.39, 0.29) is 23.5 Å². The SMILES string of the molecule is COC[C@@H]1CN(CCN2CCN(C(=O)c3cc(OC)cc(C(F)(F)F)c3)[C@H](Cc3ccc4ccccc4c3)C2)CCO1. The molecule has 0 bridgehead atoms. The second kappa shape index (κ2) is 13.4. The quantitative estimate of drug-likeness (QED) is 0.367. The topological polar surface area (TPSA) is 54.5 Å². The van der Waals surface area contributed by atoms with Crippen molar-refractivity contribution in [2.24, 2.45) is 0 Å². The van der Waals surface area contributed by atoms with E-state index in [2.05, 4.69) is 40.1 Å². The van der Waals surface area contributed by atoms with Crippen LogP contribution < -0.4 is 4.74 Å². The predicted molar refractivity (Wildman–Crippen MR) is 155 cm³/mol. The molecule has 2 aliphatic rings. The molecule has 0 radical (unpaired) electrons. The Hall–Kier alpha value is -3.18. The van der Waals surface area contributed by atoms with Gasteiger partial charge in [-0.15, -0.1) is 0 Å². The summed E-state index contributed by atoms with van der Waals surface area (Å²) in [7, 11) is 2.98. The van der Waals surface area contributed by atoms with Crippen molar-refractivity contribution < 1.29 is 32.2 Å². The number of alkyl halides is 3. The van der Waals surface area contributed by atoms with Gasteiger partial charge in [0.25, 0.3) is 5.91 Å². The first-order valence-electron chi connectivity index (χ1n) is 14.3. The zero-order chi connectivity index (χ0) is 29.7. The van der Waals surface area contributed by atoms with Gasteiger partial charge < -0.3 is 19.1 Å². The Morgan fingerprint density at radius 3 is 2.43 bits per heavy atom. The van der Waals surface area contributed by atoms with E-state index in [4.69, 9.17) is 14.2 Å². The minimum atomic E-state index is -4.59. The van der Waals surface area contributed by atoms with Crippen molar-refractivity contribution in [1.29, 1.82) is 0 Å². The van der Waals surface area contributed by atoms with Crippen LogP contribution >= 0.6 is 0 Å². The molecule has 226 valence electrons. The zero-order valence-electron chi connectivity index (χ0n) is 24.1. The predicted octanol–water partition coefficient (Wildman–Crippen LogP) is 4.58. The van der Waals surface area contributed by atoms with E-state index >= 15 is 0 Å². The number of ether oxygens (including phenoxy) is 3. The summed E-state index contributed by atoms with van der Waals surface area (Å²) in [5, 5.41) is 2.24. The Morgan fingerprint density at radius 2 is 1.69 bits per heavy atom. The van der Waals surface area contributed by atoms with Gasteiger partial charge in [-0.05, 0) is 41.0 Å².